The largest absolute Gasteiger partial charge is 0.454 e. The van der Waals surface area contributed by atoms with Crippen LogP contribution in [-0.4, -0.2) is 31.3 Å². The molecule has 2 aromatic carbocycles. The molecule has 0 radical (unpaired) electrons. The summed E-state index contributed by atoms with van der Waals surface area (Å²) < 4.78 is 10.8. The van der Waals surface area contributed by atoms with E-state index in [1.165, 1.54) is 10.9 Å². The molecule has 6 nitrogen and oxygen atoms in total. The van der Waals surface area contributed by atoms with Crippen molar-refractivity contribution in [1.82, 2.24) is 15.6 Å². The SMILES string of the molecule is CN=C(NCCc1cccc2cccnc12)NCc1ccc2c(c1)OCO2.I. The number of guanidine groups is 1. The first-order valence-electron chi connectivity index (χ1n) is 8.99. The smallest absolute Gasteiger partial charge is 0.231 e. The first kappa shape index (κ1) is 20.2. The predicted octanol–water partition coefficient (Wildman–Crippen LogP) is 3.49. The zero-order valence-corrected chi connectivity index (χ0v) is 18.0. The van der Waals surface area contributed by atoms with E-state index in [4.69, 9.17) is 9.47 Å². The van der Waals surface area contributed by atoms with Crippen molar-refractivity contribution in [3.05, 3.63) is 65.9 Å². The Labute approximate surface area is 181 Å². The minimum absolute atomic E-state index is 0. The summed E-state index contributed by atoms with van der Waals surface area (Å²) >= 11 is 0. The van der Waals surface area contributed by atoms with E-state index < -0.39 is 0 Å². The monoisotopic (exact) mass is 490 g/mol. The third-order valence-corrected chi connectivity index (χ3v) is 4.52. The van der Waals surface area contributed by atoms with E-state index in [1.807, 2.05) is 30.5 Å². The lowest BCUT2D eigenvalue weighted by molar-refractivity contribution is 0.174. The molecule has 1 aliphatic heterocycles. The summed E-state index contributed by atoms with van der Waals surface area (Å²) in [5.41, 5.74) is 3.40. The average Bonchev–Trinajstić information content (AvgIpc) is 3.18. The summed E-state index contributed by atoms with van der Waals surface area (Å²) in [4.78, 5) is 8.80. The molecule has 0 atom stereocenters. The molecule has 28 heavy (non-hydrogen) atoms. The Morgan fingerprint density at radius 3 is 2.82 bits per heavy atom. The van der Waals surface area contributed by atoms with E-state index in [0.717, 1.165) is 41.5 Å². The third kappa shape index (κ3) is 4.64. The second-order valence-corrected chi connectivity index (χ2v) is 6.28. The topological polar surface area (TPSA) is 67.8 Å². The first-order chi connectivity index (χ1) is 13.3. The molecule has 0 aliphatic carbocycles. The number of halogens is 1. The van der Waals surface area contributed by atoms with Gasteiger partial charge in [0, 0.05) is 31.7 Å². The van der Waals surface area contributed by atoms with Crippen molar-refractivity contribution >= 4 is 40.8 Å². The Bertz CT molecular complexity index is 972. The van der Waals surface area contributed by atoms with Gasteiger partial charge in [0.25, 0.3) is 0 Å². The highest BCUT2D eigenvalue weighted by molar-refractivity contribution is 14.0. The fraction of sp³-hybridized carbons (Fsp3) is 0.238. The summed E-state index contributed by atoms with van der Waals surface area (Å²) in [6, 6.07) is 16.3. The summed E-state index contributed by atoms with van der Waals surface area (Å²) in [5, 5.41) is 7.85. The van der Waals surface area contributed by atoms with Crippen molar-refractivity contribution in [2.24, 2.45) is 4.99 Å². The fourth-order valence-electron chi connectivity index (χ4n) is 3.14. The number of pyridine rings is 1. The van der Waals surface area contributed by atoms with Crippen LogP contribution in [0.25, 0.3) is 10.9 Å². The number of hydrogen-bond donors (Lipinski definition) is 2. The molecule has 0 amide bonds. The van der Waals surface area contributed by atoms with Crippen LogP contribution >= 0.6 is 24.0 Å². The molecule has 0 unspecified atom stereocenters. The number of aromatic nitrogens is 1. The molecule has 0 bridgehead atoms. The van der Waals surface area contributed by atoms with E-state index in [9.17, 15) is 0 Å². The van der Waals surface area contributed by atoms with Crippen molar-refractivity contribution in [1.29, 1.82) is 0 Å². The van der Waals surface area contributed by atoms with Crippen molar-refractivity contribution in [3.8, 4) is 11.5 Å². The summed E-state index contributed by atoms with van der Waals surface area (Å²) in [6.45, 7) is 1.72. The Balaban J connectivity index is 0.00000225. The molecule has 1 aliphatic rings. The molecule has 4 rings (SSSR count). The van der Waals surface area contributed by atoms with Crippen molar-refractivity contribution < 1.29 is 9.47 Å². The lowest BCUT2D eigenvalue weighted by Gasteiger charge is -2.13. The van der Waals surface area contributed by atoms with Crippen LogP contribution in [0.15, 0.2) is 59.7 Å². The van der Waals surface area contributed by atoms with Gasteiger partial charge in [-0.2, -0.15) is 0 Å². The molecule has 0 spiro atoms. The number of ether oxygens (including phenoxy) is 2. The van der Waals surface area contributed by atoms with Gasteiger partial charge in [-0.25, -0.2) is 0 Å². The standard InChI is InChI=1S/C21H22N4O2.HI/c1-22-21(25-13-15-7-8-18-19(12-15)27-14-26-18)24-11-9-17-5-2-4-16-6-3-10-23-20(16)17;/h2-8,10,12H,9,11,13-14H2,1H3,(H2,22,24,25);1H. The Hall–Kier alpha value is -2.55. The Kier molecular flexibility index (Phi) is 6.91. The maximum Gasteiger partial charge on any atom is 0.231 e. The van der Waals surface area contributed by atoms with Gasteiger partial charge in [-0.05, 0) is 35.7 Å². The number of nitrogens with one attached hydrogen (secondary N) is 2. The van der Waals surface area contributed by atoms with E-state index >= 15 is 0 Å². The first-order valence-corrected chi connectivity index (χ1v) is 8.99. The van der Waals surface area contributed by atoms with Crippen LogP contribution in [0, 0.1) is 0 Å². The molecular formula is C21H23IN4O2. The molecule has 146 valence electrons. The van der Waals surface area contributed by atoms with E-state index in [-0.39, 0.29) is 24.0 Å². The Morgan fingerprint density at radius 1 is 1.07 bits per heavy atom. The van der Waals surface area contributed by atoms with Gasteiger partial charge in [-0.3, -0.25) is 9.98 Å². The van der Waals surface area contributed by atoms with Crippen molar-refractivity contribution in [2.45, 2.75) is 13.0 Å². The number of rotatable bonds is 5. The van der Waals surface area contributed by atoms with Gasteiger partial charge in [0.1, 0.15) is 0 Å². The second-order valence-electron chi connectivity index (χ2n) is 6.28. The molecule has 0 saturated heterocycles. The van der Waals surface area contributed by atoms with Crippen LogP contribution in [0.3, 0.4) is 0 Å². The quantitative estimate of drug-likeness (QED) is 0.326. The summed E-state index contributed by atoms with van der Waals surface area (Å²) in [5.74, 6) is 2.35. The van der Waals surface area contributed by atoms with Crippen LogP contribution in [0.1, 0.15) is 11.1 Å². The van der Waals surface area contributed by atoms with E-state index in [1.54, 1.807) is 7.05 Å². The minimum Gasteiger partial charge on any atom is -0.454 e. The van der Waals surface area contributed by atoms with Gasteiger partial charge in [-0.1, -0.05) is 30.3 Å². The van der Waals surface area contributed by atoms with Gasteiger partial charge < -0.3 is 20.1 Å². The maximum atomic E-state index is 5.42. The van der Waals surface area contributed by atoms with Gasteiger partial charge in [-0.15, -0.1) is 24.0 Å². The zero-order valence-electron chi connectivity index (χ0n) is 15.6. The zero-order chi connectivity index (χ0) is 18.5. The summed E-state index contributed by atoms with van der Waals surface area (Å²) in [7, 11) is 1.77. The molecule has 7 heteroatoms. The lowest BCUT2D eigenvalue weighted by Crippen LogP contribution is -2.37. The predicted molar refractivity (Wildman–Crippen MR) is 122 cm³/mol. The highest BCUT2D eigenvalue weighted by atomic mass is 127. The molecular weight excluding hydrogens is 467 g/mol. The third-order valence-electron chi connectivity index (χ3n) is 4.52. The molecule has 0 fully saturated rings. The normalized spacial score (nSPS) is 12.5. The molecule has 0 saturated carbocycles. The molecule has 2 heterocycles. The Morgan fingerprint density at radius 2 is 1.93 bits per heavy atom. The van der Waals surface area contributed by atoms with E-state index in [0.29, 0.717) is 13.3 Å². The number of fused-ring (bicyclic) bond motifs is 2. The second kappa shape index (κ2) is 9.59. The van der Waals surface area contributed by atoms with Crippen LogP contribution in [-0.2, 0) is 13.0 Å². The van der Waals surface area contributed by atoms with Crippen LogP contribution < -0.4 is 20.1 Å². The summed E-state index contributed by atoms with van der Waals surface area (Å²) in [6.07, 6.45) is 2.71. The van der Waals surface area contributed by atoms with Crippen molar-refractivity contribution in [3.63, 3.8) is 0 Å². The minimum atomic E-state index is 0. The van der Waals surface area contributed by atoms with Gasteiger partial charge in [0.15, 0.2) is 17.5 Å². The molecule has 3 aromatic rings. The van der Waals surface area contributed by atoms with Crippen LogP contribution in [0.5, 0.6) is 11.5 Å². The fourth-order valence-corrected chi connectivity index (χ4v) is 3.14. The average molecular weight is 490 g/mol. The lowest BCUT2D eigenvalue weighted by atomic mass is 10.1. The number of benzene rings is 2. The molecule has 1 aromatic heterocycles. The number of nitrogens with zero attached hydrogens (tertiary/aromatic N) is 2. The van der Waals surface area contributed by atoms with Gasteiger partial charge in [0.05, 0.1) is 5.52 Å². The number of para-hydroxylation sites is 1. The number of aliphatic imine (C=N–C) groups is 1. The maximum absolute atomic E-state index is 5.42. The highest BCUT2D eigenvalue weighted by Crippen LogP contribution is 2.32. The number of hydrogen-bond acceptors (Lipinski definition) is 4. The highest BCUT2D eigenvalue weighted by Gasteiger charge is 2.13. The van der Waals surface area contributed by atoms with Crippen LogP contribution in [0.2, 0.25) is 0 Å². The van der Waals surface area contributed by atoms with E-state index in [2.05, 4.69) is 44.9 Å². The van der Waals surface area contributed by atoms with Gasteiger partial charge >= 0.3 is 0 Å². The molecule has 2 N–H and O–H groups in total. The van der Waals surface area contributed by atoms with Crippen molar-refractivity contribution in [2.75, 3.05) is 20.4 Å². The van der Waals surface area contributed by atoms with Crippen LogP contribution in [0.4, 0.5) is 0 Å². The van der Waals surface area contributed by atoms with Gasteiger partial charge in [0.2, 0.25) is 6.79 Å².